The van der Waals surface area contributed by atoms with Crippen LogP contribution in [0.3, 0.4) is 0 Å². The van der Waals surface area contributed by atoms with Gasteiger partial charge < -0.3 is 4.74 Å². The third kappa shape index (κ3) is 3.87. The maximum absolute atomic E-state index is 11.3. The van der Waals surface area contributed by atoms with Gasteiger partial charge in [-0.15, -0.1) is 11.6 Å². The summed E-state index contributed by atoms with van der Waals surface area (Å²) < 4.78 is 4.87. The van der Waals surface area contributed by atoms with Gasteiger partial charge in [0.15, 0.2) is 0 Å². The van der Waals surface area contributed by atoms with Crippen LogP contribution in [0.5, 0.6) is 0 Å². The summed E-state index contributed by atoms with van der Waals surface area (Å²) in [5, 5.41) is -0.432. The van der Waals surface area contributed by atoms with Crippen molar-refractivity contribution in [1.82, 2.24) is 0 Å². The molecule has 0 aliphatic heterocycles. The number of esters is 1. The standard InChI is InChI=1S/C11H19ClO2/c1-2-14-11(13)10(12)8-9-6-4-3-5-7-9/h9-10H,2-8H2,1H3. The average Bonchev–Trinajstić information content (AvgIpc) is 2.19. The van der Waals surface area contributed by atoms with E-state index in [2.05, 4.69) is 0 Å². The lowest BCUT2D eigenvalue weighted by atomic mass is 9.86. The summed E-state index contributed by atoms with van der Waals surface area (Å²) in [4.78, 5) is 11.3. The maximum Gasteiger partial charge on any atom is 0.324 e. The zero-order valence-corrected chi connectivity index (χ0v) is 9.55. The first kappa shape index (κ1) is 11.8. The van der Waals surface area contributed by atoms with Crippen LogP contribution >= 0.6 is 11.6 Å². The molecular weight excluding hydrogens is 200 g/mol. The molecule has 0 aromatic carbocycles. The molecular formula is C11H19ClO2. The Morgan fingerprint density at radius 3 is 2.64 bits per heavy atom. The van der Waals surface area contributed by atoms with E-state index in [1.165, 1.54) is 32.1 Å². The van der Waals surface area contributed by atoms with Gasteiger partial charge in [-0.2, -0.15) is 0 Å². The first-order valence-electron chi connectivity index (χ1n) is 5.54. The van der Waals surface area contributed by atoms with Crippen LogP contribution < -0.4 is 0 Å². The van der Waals surface area contributed by atoms with Crippen molar-refractivity contribution in [3.8, 4) is 0 Å². The largest absolute Gasteiger partial charge is 0.465 e. The molecule has 0 amide bonds. The number of halogens is 1. The van der Waals surface area contributed by atoms with Gasteiger partial charge in [0.1, 0.15) is 5.38 Å². The molecule has 2 nitrogen and oxygen atoms in total. The minimum atomic E-state index is -0.432. The molecule has 0 bridgehead atoms. The monoisotopic (exact) mass is 218 g/mol. The molecule has 0 heterocycles. The van der Waals surface area contributed by atoms with Gasteiger partial charge in [0.25, 0.3) is 0 Å². The summed E-state index contributed by atoms with van der Waals surface area (Å²) in [6.07, 6.45) is 7.16. The highest BCUT2D eigenvalue weighted by atomic mass is 35.5. The fourth-order valence-electron chi connectivity index (χ4n) is 2.04. The van der Waals surface area contributed by atoms with Crippen LogP contribution in [0.4, 0.5) is 0 Å². The van der Waals surface area contributed by atoms with Gasteiger partial charge in [0.2, 0.25) is 0 Å². The molecule has 1 saturated carbocycles. The smallest absolute Gasteiger partial charge is 0.324 e. The van der Waals surface area contributed by atoms with Gasteiger partial charge in [-0.1, -0.05) is 32.1 Å². The Kier molecular flexibility index (Phi) is 5.31. The Hall–Kier alpha value is -0.240. The molecule has 1 rings (SSSR count). The Morgan fingerprint density at radius 2 is 2.07 bits per heavy atom. The van der Waals surface area contributed by atoms with Crippen LogP contribution in [-0.4, -0.2) is 18.0 Å². The van der Waals surface area contributed by atoms with E-state index in [4.69, 9.17) is 16.3 Å². The highest BCUT2D eigenvalue weighted by molar-refractivity contribution is 6.29. The second kappa shape index (κ2) is 6.28. The molecule has 1 aliphatic rings. The zero-order chi connectivity index (χ0) is 10.4. The predicted octanol–water partition coefficient (Wildman–Crippen LogP) is 3.13. The van der Waals surface area contributed by atoms with E-state index < -0.39 is 5.38 Å². The average molecular weight is 219 g/mol. The maximum atomic E-state index is 11.3. The molecule has 1 atom stereocenters. The molecule has 0 N–H and O–H groups in total. The fraction of sp³-hybridized carbons (Fsp3) is 0.909. The van der Waals surface area contributed by atoms with Crippen molar-refractivity contribution in [3.05, 3.63) is 0 Å². The quantitative estimate of drug-likeness (QED) is 0.535. The van der Waals surface area contributed by atoms with E-state index in [9.17, 15) is 4.79 Å². The lowest BCUT2D eigenvalue weighted by Crippen LogP contribution is -2.22. The first-order valence-corrected chi connectivity index (χ1v) is 5.98. The highest BCUT2D eigenvalue weighted by Crippen LogP contribution is 2.28. The third-order valence-corrected chi connectivity index (χ3v) is 3.16. The molecule has 0 radical (unpaired) electrons. The van der Waals surface area contributed by atoms with Gasteiger partial charge in [-0.3, -0.25) is 4.79 Å². The number of hydrogen-bond acceptors (Lipinski definition) is 2. The van der Waals surface area contributed by atoms with Gasteiger partial charge in [-0.25, -0.2) is 0 Å². The SMILES string of the molecule is CCOC(=O)C(Cl)CC1CCCCC1. The second-order valence-corrected chi connectivity index (χ2v) is 4.49. The summed E-state index contributed by atoms with van der Waals surface area (Å²) in [7, 11) is 0. The molecule has 1 unspecified atom stereocenters. The lowest BCUT2D eigenvalue weighted by Gasteiger charge is -2.22. The van der Waals surface area contributed by atoms with Crippen LogP contribution in [0.25, 0.3) is 0 Å². The molecule has 0 spiro atoms. The molecule has 0 aromatic heterocycles. The Bertz CT molecular complexity index is 176. The predicted molar refractivity (Wildman–Crippen MR) is 57.5 cm³/mol. The normalized spacial score (nSPS) is 20.4. The van der Waals surface area contributed by atoms with E-state index >= 15 is 0 Å². The van der Waals surface area contributed by atoms with Crippen molar-refractivity contribution >= 4 is 17.6 Å². The van der Waals surface area contributed by atoms with Gasteiger partial charge in [0.05, 0.1) is 6.61 Å². The van der Waals surface area contributed by atoms with Crippen molar-refractivity contribution in [2.24, 2.45) is 5.92 Å². The van der Waals surface area contributed by atoms with Crippen LogP contribution in [0.15, 0.2) is 0 Å². The van der Waals surface area contributed by atoms with Gasteiger partial charge in [-0.05, 0) is 19.3 Å². The van der Waals surface area contributed by atoms with E-state index in [-0.39, 0.29) is 5.97 Å². The number of alkyl halides is 1. The summed E-state index contributed by atoms with van der Waals surface area (Å²) in [5.41, 5.74) is 0. The topological polar surface area (TPSA) is 26.3 Å². The number of rotatable bonds is 4. The summed E-state index contributed by atoms with van der Waals surface area (Å²) in [6.45, 7) is 2.23. The summed E-state index contributed by atoms with van der Waals surface area (Å²) in [6, 6.07) is 0. The van der Waals surface area contributed by atoms with Crippen LogP contribution in [0.1, 0.15) is 45.4 Å². The van der Waals surface area contributed by atoms with Crippen molar-refractivity contribution in [3.63, 3.8) is 0 Å². The van der Waals surface area contributed by atoms with Crippen LogP contribution in [-0.2, 0) is 9.53 Å². The minimum Gasteiger partial charge on any atom is -0.465 e. The Labute approximate surface area is 91.0 Å². The minimum absolute atomic E-state index is 0.250. The van der Waals surface area contributed by atoms with Crippen LogP contribution in [0.2, 0.25) is 0 Å². The molecule has 0 saturated heterocycles. The fourth-order valence-corrected chi connectivity index (χ4v) is 2.36. The Balaban J connectivity index is 2.24. The van der Waals surface area contributed by atoms with Crippen molar-refractivity contribution in [2.45, 2.75) is 50.8 Å². The van der Waals surface area contributed by atoms with E-state index in [1.807, 2.05) is 6.92 Å². The molecule has 3 heteroatoms. The number of hydrogen-bond donors (Lipinski definition) is 0. The summed E-state index contributed by atoms with van der Waals surface area (Å²) in [5.74, 6) is 0.385. The van der Waals surface area contributed by atoms with Crippen molar-refractivity contribution in [2.75, 3.05) is 6.61 Å². The third-order valence-electron chi connectivity index (χ3n) is 2.81. The van der Waals surface area contributed by atoms with Gasteiger partial charge in [0, 0.05) is 0 Å². The molecule has 1 aliphatic carbocycles. The molecule has 1 fully saturated rings. The van der Waals surface area contributed by atoms with Gasteiger partial charge >= 0.3 is 5.97 Å². The summed E-state index contributed by atoms with van der Waals surface area (Å²) >= 11 is 5.97. The van der Waals surface area contributed by atoms with E-state index in [0.29, 0.717) is 12.5 Å². The molecule has 0 aromatic rings. The zero-order valence-electron chi connectivity index (χ0n) is 8.80. The number of ether oxygens (including phenoxy) is 1. The first-order chi connectivity index (χ1) is 6.74. The highest BCUT2D eigenvalue weighted by Gasteiger charge is 2.23. The van der Waals surface area contributed by atoms with Crippen molar-refractivity contribution in [1.29, 1.82) is 0 Å². The number of carbonyl (C=O) groups excluding carboxylic acids is 1. The van der Waals surface area contributed by atoms with E-state index in [1.54, 1.807) is 0 Å². The second-order valence-electron chi connectivity index (χ2n) is 3.96. The van der Waals surface area contributed by atoms with Crippen molar-refractivity contribution < 1.29 is 9.53 Å². The lowest BCUT2D eigenvalue weighted by molar-refractivity contribution is -0.143. The number of carbonyl (C=O) groups is 1. The Morgan fingerprint density at radius 1 is 1.43 bits per heavy atom. The van der Waals surface area contributed by atoms with E-state index in [0.717, 1.165) is 6.42 Å². The molecule has 14 heavy (non-hydrogen) atoms. The van der Waals surface area contributed by atoms with Crippen LogP contribution in [0, 0.1) is 5.92 Å². The molecule has 82 valence electrons.